The highest BCUT2D eigenvalue weighted by Gasteiger charge is 2.34. The van der Waals surface area contributed by atoms with E-state index in [1.807, 2.05) is 30.3 Å². The van der Waals surface area contributed by atoms with Gasteiger partial charge < -0.3 is 42.4 Å². The molecule has 0 aliphatic carbocycles. The largest absolute Gasteiger partial charge is 0.477 e. The van der Waals surface area contributed by atoms with Crippen LogP contribution in [0.4, 0.5) is 4.39 Å². The number of nitrogens with one attached hydrogen (secondary N) is 4. The second-order valence-corrected chi connectivity index (χ2v) is 14.8. The summed E-state index contributed by atoms with van der Waals surface area (Å²) in [5.74, 6) is -3.17. The number of amides is 3. The predicted octanol–water partition coefficient (Wildman–Crippen LogP) is 3.73. The van der Waals surface area contributed by atoms with Gasteiger partial charge in [0.15, 0.2) is 0 Å². The number of para-hydroxylation sites is 1. The van der Waals surface area contributed by atoms with Gasteiger partial charge in [-0.3, -0.25) is 14.4 Å². The maximum atomic E-state index is 16.2. The molecule has 4 heterocycles. The van der Waals surface area contributed by atoms with Gasteiger partial charge in [0.25, 0.3) is 0 Å². The van der Waals surface area contributed by atoms with Gasteiger partial charge in [-0.15, -0.1) is 0 Å². The fourth-order valence-electron chi connectivity index (χ4n) is 6.92. The smallest absolute Gasteiger partial charge is 0.354 e. The number of aromatic carboxylic acids is 1. The molecule has 9 N–H and O–H groups in total. The topological polar surface area (TPSA) is 221 Å². The average Bonchev–Trinajstić information content (AvgIpc) is 3.63. The molecule has 6 rings (SSSR count). The summed E-state index contributed by atoms with van der Waals surface area (Å²) in [5, 5.41) is 20.1. The molecule has 298 valence electrons. The van der Waals surface area contributed by atoms with Crippen molar-refractivity contribution in [2.24, 2.45) is 11.5 Å². The Morgan fingerprint density at radius 2 is 1.72 bits per heavy atom. The van der Waals surface area contributed by atoms with Crippen LogP contribution in [-0.2, 0) is 33.9 Å². The molecule has 16 heteroatoms. The first-order valence-corrected chi connectivity index (χ1v) is 19.6. The number of nitrogens with two attached hydrogens (primary N) is 2. The first kappa shape index (κ1) is 41.0. The van der Waals surface area contributed by atoms with Crippen molar-refractivity contribution < 1.29 is 28.7 Å². The summed E-state index contributed by atoms with van der Waals surface area (Å²) in [5.41, 5.74) is 15.3. The van der Waals surface area contributed by atoms with Crippen molar-refractivity contribution in [3.05, 3.63) is 107 Å². The zero-order chi connectivity index (χ0) is 40.5. The van der Waals surface area contributed by atoms with E-state index in [0.717, 1.165) is 28.2 Å². The van der Waals surface area contributed by atoms with Crippen molar-refractivity contribution in [2.45, 2.75) is 73.2 Å². The minimum absolute atomic E-state index is 0.117. The Morgan fingerprint density at radius 1 is 0.947 bits per heavy atom. The summed E-state index contributed by atoms with van der Waals surface area (Å²) >= 11 is 1.07. The Hall–Kier alpha value is -5.68. The zero-order valence-corrected chi connectivity index (χ0v) is 32.3. The number of carboxylic acids is 1. The van der Waals surface area contributed by atoms with Crippen molar-refractivity contribution >= 4 is 46.4 Å². The molecule has 0 spiro atoms. The van der Waals surface area contributed by atoms with E-state index >= 15 is 4.39 Å². The van der Waals surface area contributed by atoms with Crippen LogP contribution < -0.4 is 27.4 Å². The van der Waals surface area contributed by atoms with Gasteiger partial charge in [-0.1, -0.05) is 48.2 Å². The number of hydrogen-bond acceptors (Lipinski definition) is 10. The first-order chi connectivity index (χ1) is 27.6. The third-order valence-electron chi connectivity index (χ3n) is 10.1. The molecule has 0 fully saturated rings. The van der Waals surface area contributed by atoms with Crippen LogP contribution in [0, 0.1) is 5.82 Å². The quantitative estimate of drug-likeness (QED) is 0.108. The monoisotopic (exact) mass is 795 g/mol. The molecule has 0 unspecified atom stereocenters. The van der Waals surface area contributed by atoms with Crippen LogP contribution in [0.25, 0.3) is 22.0 Å². The number of carbonyl (C=O) groups is 4. The molecule has 3 amide bonds. The second kappa shape index (κ2) is 19.0. The van der Waals surface area contributed by atoms with E-state index in [2.05, 4.69) is 30.9 Å². The number of aromatic amines is 1. The molecule has 3 atom stereocenters. The number of benzene rings is 2. The summed E-state index contributed by atoms with van der Waals surface area (Å²) in [6.45, 7) is 0.637. The number of nitrogens with zero attached hydrogens (tertiary/aromatic N) is 3. The lowest BCUT2D eigenvalue weighted by atomic mass is 9.99. The van der Waals surface area contributed by atoms with Crippen LogP contribution in [0.5, 0.6) is 0 Å². The lowest BCUT2D eigenvalue weighted by Gasteiger charge is -2.32. The van der Waals surface area contributed by atoms with E-state index < -0.39 is 47.6 Å². The molecule has 1 aliphatic heterocycles. The van der Waals surface area contributed by atoms with E-state index in [0.29, 0.717) is 53.1 Å². The van der Waals surface area contributed by atoms with Crippen molar-refractivity contribution in [2.75, 3.05) is 20.1 Å². The minimum Gasteiger partial charge on any atom is -0.477 e. The molecule has 2 aromatic carbocycles. The summed E-state index contributed by atoms with van der Waals surface area (Å²) < 4.78 is 16.2. The number of hydrogen-bond donors (Lipinski definition) is 7. The third-order valence-corrected chi connectivity index (χ3v) is 11.3. The molecule has 1 aliphatic rings. The molecule has 0 radical (unpaired) electrons. The maximum Gasteiger partial charge on any atom is 0.354 e. The van der Waals surface area contributed by atoms with E-state index in [4.69, 9.17) is 11.5 Å². The van der Waals surface area contributed by atoms with Crippen molar-refractivity contribution in [1.82, 2.24) is 35.8 Å². The van der Waals surface area contributed by atoms with Crippen LogP contribution in [0.15, 0.2) is 89.2 Å². The second-order valence-electron chi connectivity index (χ2n) is 13.8. The van der Waals surface area contributed by atoms with Gasteiger partial charge in [-0.05, 0) is 85.3 Å². The number of aromatic nitrogens is 3. The van der Waals surface area contributed by atoms with Crippen LogP contribution in [0.2, 0.25) is 0 Å². The molecule has 0 saturated carbocycles. The number of rotatable bonds is 10. The van der Waals surface area contributed by atoms with Crippen LogP contribution >= 0.6 is 11.8 Å². The Morgan fingerprint density at radius 3 is 2.46 bits per heavy atom. The van der Waals surface area contributed by atoms with Gasteiger partial charge in [0.2, 0.25) is 17.7 Å². The molecular weight excluding hydrogens is 750 g/mol. The number of fused-ring (bicyclic) bond motifs is 3. The third kappa shape index (κ3) is 9.65. The van der Waals surface area contributed by atoms with Crippen molar-refractivity contribution in [1.29, 1.82) is 0 Å². The van der Waals surface area contributed by atoms with Gasteiger partial charge in [0.1, 0.15) is 28.6 Å². The number of likely N-dealkylation sites (N-methyl/N-ethyl adjacent to an activating group) is 1. The number of carbonyl (C=O) groups excluding carboxylic acids is 3. The Labute approximate surface area is 333 Å². The van der Waals surface area contributed by atoms with E-state index in [-0.39, 0.29) is 43.1 Å². The normalized spacial score (nSPS) is 18.4. The molecule has 0 bridgehead atoms. The van der Waals surface area contributed by atoms with Gasteiger partial charge in [0, 0.05) is 61.6 Å². The standard InChI is InChI=1S/C41H46FN9O5S/c1-51-35(19-26-22-46-31-9-3-2-8-28(26)31)38(53)49-23-29-27(24-12-15-34(41(55)56)48-20-24)13-14-30(42)36(29)57-39-25(7-6-18-45-39)21-47-32(10-4-16-43)37(52)50-33(40(51)54)11-5-17-44/h2-3,6-9,12-15,18,20,22,32-33,35,46-47H,4-5,10-11,16-17,19,21,23,43-44H2,1H3,(H,49,53)(H,50,52)(H,55,56)/t32-,33-,35-/m0/s1. The number of carboxylic acid groups (broad SMARTS) is 1. The van der Waals surface area contributed by atoms with Gasteiger partial charge in [0.05, 0.1) is 10.9 Å². The molecule has 5 aromatic rings. The highest BCUT2D eigenvalue weighted by Crippen LogP contribution is 2.38. The highest BCUT2D eigenvalue weighted by molar-refractivity contribution is 7.99. The summed E-state index contributed by atoms with van der Waals surface area (Å²) in [6, 6.07) is 14.2. The van der Waals surface area contributed by atoms with Crippen molar-refractivity contribution in [3.63, 3.8) is 0 Å². The number of pyridine rings is 2. The fourth-order valence-corrected chi connectivity index (χ4v) is 7.97. The van der Waals surface area contributed by atoms with Gasteiger partial charge >= 0.3 is 5.97 Å². The number of halogens is 1. The van der Waals surface area contributed by atoms with E-state index in [1.54, 1.807) is 30.6 Å². The van der Waals surface area contributed by atoms with E-state index in [1.165, 1.54) is 30.3 Å². The lowest BCUT2D eigenvalue weighted by molar-refractivity contribution is -0.142. The fraction of sp³-hybridized carbons (Fsp3) is 0.317. The molecular formula is C41H46FN9O5S. The van der Waals surface area contributed by atoms with Crippen LogP contribution in [0.1, 0.15) is 52.9 Å². The lowest BCUT2D eigenvalue weighted by Crippen LogP contribution is -2.57. The first-order valence-electron chi connectivity index (χ1n) is 18.8. The minimum atomic E-state index is -1.20. The molecule has 14 nitrogen and oxygen atoms in total. The van der Waals surface area contributed by atoms with Gasteiger partial charge in [-0.2, -0.15) is 0 Å². The molecule has 57 heavy (non-hydrogen) atoms. The van der Waals surface area contributed by atoms with Crippen LogP contribution in [0.3, 0.4) is 0 Å². The highest BCUT2D eigenvalue weighted by atomic mass is 32.2. The predicted molar refractivity (Wildman–Crippen MR) is 214 cm³/mol. The van der Waals surface area contributed by atoms with Gasteiger partial charge in [-0.25, -0.2) is 19.2 Å². The molecule has 3 aromatic heterocycles. The van der Waals surface area contributed by atoms with E-state index in [9.17, 15) is 24.3 Å². The molecule has 0 saturated heterocycles. The summed E-state index contributed by atoms with van der Waals surface area (Å²) in [6.07, 6.45) is 6.48. The Kier molecular flexibility index (Phi) is 13.6. The Bertz CT molecular complexity index is 2230. The zero-order valence-electron chi connectivity index (χ0n) is 31.5. The summed E-state index contributed by atoms with van der Waals surface area (Å²) in [4.78, 5) is 68.1. The van der Waals surface area contributed by atoms with Crippen molar-refractivity contribution in [3.8, 4) is 11.1 Å². The average molecular weight is 796 g/mol. The maximum absolute atomic E-state index is 16.2. The SMILES string of the molecule is CN1C(=O)[C@H](CCCN)NC(=O)[C@H](CCCN)NCc2cccnc2Sc2c(F)ccc(-c3ccc(C(=O)O)nc3)c2CNC(=O)[C@@H]1Cc1c[nH]c2ccccc12. The number of H-pyrrole nitrogens is 1. The van der Waals surface area contributed by atoms with Crippen LogP contribution in [-0.4, -0.2) is 86.9 Å². The Balaban J connectivity index is 1.48. The summed E-state index contributed by atoms with van der Waals surface area (Å²) in [7, 11) is 1.54.